The van der Waals surface area contributed by atoms with Crippen molar-refractivity contribution in [2.75, 3.05) is 5.75 Å². The topological polar surface area (TPSA) is 17.8 Å². The molecule has 1 aromatic heterocycles. The Morgan fingerprint density at radius 1 is 1.21 bits per heavy atom. The van der Waals surface area contributed by atoms with E-state index in [9.17, 15) is 0 Å². The lowest BCUT2D eigenvalue weighted by Crippen LogP contribution is -2.35. The highest BCUT2D eigenvalue weighted by Gasteiger charge is 2.38. The van der Waals surface area contributed by atoms with Crippen molar-refractivity contribution in [1.82, 2.24) is 9.55 Å². The van der Waals surface area contributed by atoms with E-state index in [2.05, 4.69) is 77.4 Å². The average molecular weight is 361 g/mol. The molecule has 2 atom stereocenters. The summed E-state index contributed by atoms with van der Waals surface area (Å²) in [5.74, 6) is 1.27. The highest BCUT2D eigenvalue weighted by molar-refractivity contribution is 8.19. The van der Waals surface area contributed by atoms with Gasteiger partial charge in [-0.25, -0.2) is 4.98 Å². The van der Waals surface area contributed by atoms with Gasteiger partial charge >= 0.3 is 0 Å². The summed E-state index contributed by atoms with van der Waals surface area (Å²) in [7, 11) is 0. The number of nitrogens with zero attached hydrogens (tertiary/aromatic N) is 2. The summed E-state index contributed by atoms with van der Waals surface area (Å²) in [5.41, 5.74) is 2.92. The molecule has 0 saturated carbocycles. The summed E-state index contributed by atoms with van der Waals surface area (Å²) in [4.78, 5) is 4.24. The minimum Gasteiger partial charge on any atom is -0.335 e. The van der Waals surface area contributed by atoms with Crippen molar-refractivity contribution in [3.8, 4) is 0 Å². The maximum Gasteiger partial charge on any atom is 0.0946 e. The fourth-order valence-corrected chi connectivity index (χ4v) is 7.22. The Kier molecular flexibility index (Phi) is 6.34. The number of hydrogen-bond acceptors (Lipinski definition) is 3. The Hall–Kier alpha value is -0.870. The molecule has 0 N–H and O–H groups in total. The smallest absolute Gasteiger partial charge is 0.0946 e. The van der Waals surface area contributed by atoms with Gasteiger partial charge in [0.1, 0.15) is 0 Å². The summed E-state index contributed by atoms with van der Waals surface area (Å²) >= 11 is 4.35. The van der Waals surface area contributed by atoms with Crippen LogP contribution in [0.3, 0.4) is 0 Å². The highest BCUT2D eigenvalue weighted by atomic mass is 32.2. The van der Waals surface area contributed by atoms with Crippen LogP contribution < -0.4 is 0 Å². The van der Waals surface area contributed by atoms with Crippen LogP contribution in [-0.2, 0) is 19.4 Å². The molecule has 0 amide bonds. The van der Waals surface area contributed by atoms with Crippen molar-refractivity contribution in [3.05, 3.63) is 54.1 Å². The predicted octanol–water partition coefficient (Wildman–Crippen LogP) is 5.42. The van der Waals surface area contributed by atoms with Crippen LogP contribution >= 0.6 is 23.5 Å². The molecule has 0 spiro atoms. The maximum absolute atomic E-state index is 4.24. The fourth-order valence-electron chi connectivity index (χ4n) is 3.37. The Morgan fingerprint density at radius 3 is 2.67 bits per heavy atom. The van der Waals surface area contributed by atoms with Crippen LogP contribution in [0.5, 0.6) is 0 Å². The molecule has 0 bridgehead atoms. The largest absolute Gasteiger partial charge is 0.335 e. The molecule has 1 aliphatic rings. The summed E-state index contributed by atoms with van der Waals surface area (Å²) in [6, 6.07) is 9.33. The van der Waals surface area contributed by atoms with Crippen molar-refractivity contribution in [1.29, 1.82) is 0 Å². The Bertz CT molecular complexity index is 609. The van der Waals surface area contributed by atoms with E-state index in [1.807, 2.05) is 12.5 Å². The first-order valence-electron chi connectivity index (χ1n) is 9.08. The lowest BCUT2D eigenvalue weighted by Gasteiger charge is -2.40. The van der Waals surface area contributed by atoms with Crippen LogP contribution in [-0.4, -0.2) is 24.6 Å². The maximum atomic E-state index is 4.24. The van der Waals surface area contributed by atoms with Crippen LogP contribution in [0, 0.1) is 0 Å². The van der Waals surface area contributed by atoms with Crippen molar-refractivity contribution in [3.63, 3.8) is 0 Å². The summed E-state index contributed by atoms with van der Waals surface area (Å²) in [5, 5.41) is 0.786. The van der Waals surface area contributed by atoms with E-state index in [0.717, 1.165) is 18.2 Å². The number of hydrogen-bond donors (Lipinski definition) is 0. The summed E-state index contributed by atoms with van der Waals surface area (Å²) in [6.07, 6.45) is 12.1. The van der Waals surface area contributed by atoms with Crippen LogP contribution in [0.4, 0.5) is 0 Å². The van der Waals surface area contributed by atoms with Crippen molar-refractivity contribution in [2.24, 2.45) is 0 Å². The zero-order chi connectivity index (χ0) is 16.8. The van der Waals surface area contributed by atoms with Crippen LogP contribution in [0.1, 0.15) is 44.2 Å². The first kappa shape index (κ1) is 17.9. The molecule has 1 saturated heterocycles. The van der Waals surface area contributed by atoms with Gasteiger partial charge < -0.3 is 4.57 Å². The second-order valence-electron chi connectivity index (χ2n) is 6.67. The van der Waals surface area contributed by atoms with E-state index in [4.69, 9.17) is 0 Å². The quantitative estimate of drug-likeness (QED) is 0.656. The zero-order valence-electron chi connectivity index (χ0n) is 14.8. The SMILES string of the molecule is CCCc1ccc(CC2(Cn3ccnc3)SCCC(CC)S2)cc1. The third kappa shape index (κ3) is 4.60. The van der Waals surface area contributed by atoms with E-state index in [-0.39, 0.29) is 4.08 Å². The van der Waals surface area contributed by atoms with Gasteiger partial charge in [-0.05, 0) is 42.6 Å². The van der Waals surface area contributed by atoms with Crippen molar-refractivity contribution < 1.29 is 0 Å². The second kappa shape index (κ2) is 8.48. The second-order valence-corrected chi connectivity index (χ2v) is 10.1. The number of rotatable bonds is 7. The van der Waals surface area contributed by atoms with Gasteiger partial charge in [0.25, 0.3) is 0 Å². The summed E-state index contributed by atoms with van der Waals surface area (Å²) < 4.78 is 2.48. The highest BCUT2D eigenvalue weighted by Crippen LogP contribution is 2.49. The normalized spacial score (nSPS) is 24.2. The van der Waals surface area contributed by atoms with Gasteiger partial charge in [0.05, 0.1) is 10.4 Å². The minimum atomic E-state index is 0.228. The van der Waals surface area contributed by atoms with Crippen molar-refractivity contribution in [2.45, 2.75) is 61.8 Å². The average Bonchev–Trinajstić information content (AvgIpc) is 3.09. The van der Waals surface area contributed by atoms with Crippen LogP contribution in [0.25, 0.3) is 0 Å². The van der Waals surface area contributed by atoms with Gasteiger partial charge in [0, 0.05) is 24.2 Å². The van der Waals surface area contributed by atoms with E-state index >= 15 is 0 Å². The molecule has 24 heavy (non-hydrogen) atoms. The molecular formula is C20H28N2S2. The van der Waals surface area contributed by atoms with Crippen LogP contribution in [0.15, 0.2) is 43.0 Å². The molecule has 0 radical (unpaired) electrons. The molecule has 4 heteroatoms. The molecular weight excluding hydrogens is 332 g/mol. The fraction of sp³-hybridized carbons (Fsp3) is 0.550. The number of aromatic nitrogens is 2. The first-order chi connectivity index (χ1) is 11.7. The molecule has 1 aliphatic heterocycles. The van der Waals surface area contributed by atoms with E-state index in [0.29, 0.717) is 0 Å². The molecule has 2 unspecified atom stereocenters. The van der Waals surface area contributed by atoms with Gasteiger partial charge in [-0.15, -0.1) is 23.5 Å². The van der Waals surface area contributed by atoms with Gasteiger partial charge in [-0.2, -0.15) is 0 Å². The number of imidazole rings is 1. The molecule has 1 aromatic carbocycles. The molecule has 130 valence electrons. The minimum absolute atomic E-state index is 0.228. The standard InChI is InChI=1S/C20H28N2S2/c1-3-5-17-6-8-18(9-7-17)14-20(15-22-12-11-21-16-22)23-13-10-19(4-2)24-20/h6-9,11-12,16,19H,3-5,10,13-15H2,1-2H3. The third-order valence-corrected chi connectivity index (χ3v) is 8.15. The molecule has 3 rings (SSSR count). The lowest BCUT2D eigenvalue weighted by atomic mass is 10.0. The van der Waals surface area contributed by atoms with Gasteiger partial charge in [-0.3, -0.25) is 0 Å². The van der Waals surface area contributed by atoms with Gasteiger partial charge in [-0.1, -0.05) is 44.5 Å². The molecule has 2 aromatic rings. The van der Waals surface area contributed by atoms with Crippen LogP contribution in [0.2, 0.25) is 0 Å². The third-order valence-electron chi connectivity index (χ3n) is 4.66. The van der Waals surface area contributed by atoms with Gasteiger partial charge in [0.2, 0.25) is 0 Å². The Morgan fingerprint density at radius 2 is 2.00 bits per heavy atom. The monoisotopic (exact) mass is 360 g/mol. The predicted molar refractivity (Wildman–Crippen MR) is 108 cm³/mol. The number of benzene rings is 1. The number of aryl methyl sites for hydroxylation is 1. The lowest BCUT2D eigenvalue weighted by molar-refractivity contribution is 0.608. The molecule has 2 heterocycles. The zero-order valence-corrected chi connectivity index (χ0v) is 16.4. The Labute approximate surface area is 154 Å². The molecule has 2 nitrogen and oxygen atoms in total. The first-order valence-corrected chi connectivity index (χ1v) is 10.9. The van der Waals surface area contributed by atoms with Crippen molar-refractivity contribution >= 4 is 23.5 Å². The Balaban J connectivity index is 1.78. The molecule has 0 aliphatic carbocycles. The van der Waals surface area contributed by atoms with E-state index in [1.165, 1.54) is 42.6 Å². The summed E-state index contributed by atoms with van der Waals surface area (Å²) in [6.45, 7) is 5.61. The van der Waals surface area contributed by atoms with E-state index in [1.54, 1.807) is 0 Å². The van der Waals surface area contributed by atoms with Gasteiger partial charge in [0.15, 0.2) is 0 Å². The van der Waals surface area contributed by atoms with E-state index < -0.39 is 0 Å². The molecule has 1 fully saturated rings. The number of thioether (sulfide) groups is 2.